The highest BCUT2D eigenvalue weighted by molar-refractivity contribution is 5.12. The van der Waals surface area contributed by atoms with Gasteiger partial charge in [0.05, 0.1) is 0 Å². The van der Waals surface area contributed by atoms with E-state index in [1.54, 1.807) is 0 Å². The van der Waals surface area contributed by atoms with E-state index in [0.717, 1.165) is 6.42 Å². The minimum absolute atomic E-state index is 0.253. The number of hydrogen-bond donors (Lipinski definition) is 0. The third-order valence-electron chi connectivity index (χ3n) is 3.58. The molecule has 0 unspecified atom stereocenters. The molecule has 1 aliphatic carbocycles. The quantitative estimate of drug-likeness (QED) is 0.571. The first-order valence-corrected chi connectivity index (χ1v) is 5.06. The zero-order chi connectivity index (χ0) is 9.90. The highest BCUT2D eigenvalue weighted by Gasteiger charge is 2.35. The Labute approximate surface area is 82.0 Å². The van der Waals surface area contributed by atoms with Gasteiger partial charge in [-0.15, -0.1) is 13.2 Å². The lowest BCUT2D eigenvalue weighted by Crippen LogP contribution is -2.33. The van der Waals surface area contributed by atoms with E-state index in [1.807, 2.05) is 6.08 Å². The van der Waals surface area contributed by atoms with Gasteiger partial charge in [0.25, 0.3) is 0 Å². The highest BCUT2D eigenvalue weighted by atomic mass is 14.4. The van der Waals surface area contributed by atoms with Crippen molar-refractivity contribution in [2.45, 2.75) is 26.7 Å². The van der Waals surface area contributed by atoms with E-state index >= 15 is 0 Å². The minimum atomic E-state index is 0.253. The molecule has 0 aromatic heterocycles. The standard InChI is InChI=1S/C13H20/c1-5-8-12-10-7-9-11(3)13(12,4)6-2/h5-7,10-12H,1-2,8-9H2,3-4H3/t11-,12-,13+/m1/s1. The van der Waals surface area contributed by atoms with Crippen molar-refractivity contribution in [1.82, 2.24) is 0 Å². The summed E-state index contributed by atoms with van der Waals surface area (Å²) in [5.41, 5.74) is 0.253. The summed E-state index contributed by atoms with van der Waals surface area (Å²) in [5, 5.41) is 0. The Hall–Kier alpha value is -0.780. The molecule has 72 valence electrons. The van der Waals surface area contributed by atoms with Gasteiger partial charge in [-0.05, 0) is 30.1 Å². The molecule has 0 heterocycles. The van der Waals surface area contributed by atoms with Crippen LogP contribution in [0.4, 0.5) is 0 Å². The van der Waals surface area contributed by atoms with Crippen molar-refractivity contribution >= 4 is 0 Å². The third kappa shape index (κ3) is 1.77. The molecule has 0 heteroatoms. The maximum atomic E-state index is 3.97. The van der Waals surface area contributed by atoms with E-state index in [-0.39, 0.29) is 5.41 Å². The van der Waals surface area contributed by atoms with Crippen molar-refractivity contribution in [3.05, 3.63) is 37.5 Å². The van der Waals surface area contributed by atoms with E-state index in [0.29, 0.717) is 11.8 Å². The van der Waals surface area contributed by atoms with Gasteiger partial charge in [0, 0.05) is 0 Å². The van der Waals surface area contributed by atoms with Gasteiger partial charge in [0.15, 0.2) is 0 Å². The van der Waals surface area contributed by atoms with Crippen molar-refractivity contribution in [2.24, 2.45) is 17.3 Å². The molecule has 3 atom stereocenters. The summed E-state index contributed by atoms with van der Waals surface area (Å²) in [7, 11) is 0. The summed E-state index contributed by atoms with van der Waals surface area (Å²) in [6.45, 7) is 12.4. The fourth-order valence-electron chi connectivity index (χ4n) is 2.14. The smallest absolute Gasteiger partial charge is 0.00550 e. The van der Waals surface area contributed by atoms with E-state index in [2.05, 4.69) is 45.2 Å². The van der Waals surface area contributed by atoms with Crippen molar-refractivity contribution in [3.8, 4) is 0 Å². The van der Waals surface area contributed by atoms with Gasteiger partial charge in [-0.1, -0.05) is 38.2 Å². The van der Waals surface area contributed by atoms with E-state index in [4.69, 9.17) is 0 Å². The monoisotopic (exact) mass is 176 g/mol. The van der Waals surface area contributed by atoms with Gasteiger partial charge in [-0.2, -0.15) is 0 Å². The molecule has 0 amide bonds. The molecule has 0 saturated carbocycles. The molecule has 0 nitrogen and oxygen atoms in total. The maximum Gasteiger partial charge on any atom is -0.00550 e. The lowest BCUT2D eigenvalue weighted by molar-refractivity contribution is 0.189. The molecule has 0 fully saturated rings. The number of rotatable bonds is 3. The predicted molar refractivity (Wildman–Crippen MR) is 59.5 cm³/mol. The SMILES string of the molecule is C=CC[C@@H]1C=CC[C@@H](C)[C@]1(C)C=C. The van der Waals surface area contributed by atoms with Crippen LogP contribution in [0.1, 0.15) is 26.7 Å². The molecule has 0 aliphatic heterocycles. The van der Waals surface area contributed by atoms with E-state index in [1.165, 1.54) is 6.42 Å². The average molecular weight is 176 g/mol. The van der Waals surface area contributed by atoms with Crippen LogP contribution in [0.25, 0.3) is 0 Å². The van der Waals surface area contributed by atoms with Crippen LogP contribution in [0.3, 0.4) is 0 Å². The summed E-state index contributed by atoms with van der Waals surface area (Å²) >= 11 is 0. The Morgan fingerprint density at radius 1 is 1.54 bits per heavy atom. The topological polar surface area (TPSA) is 0 Å². The van der Waals surface area contributed by atoms with Crippen LogP contribution in [0.2, 0.25) is 0 Å². The summed E-state index contributed by atoms with van der Waals surface area (Å²) in [4.78, 5) is 0. The van der Waals surface area contributed by atoms with Gasteiger partial charge in [0.2, 0.25) is 0 Å². The summed E-state index contributed by atoms with van der Waals surface area (Å²) < 4.78 is 0. The molecule has 0 saturated heterocycles. The number of hydrogen-bond acceptors (Lipinski definition) is 0. The maximum absolute atomic E-state index is 3.97. The molecule has 0 N–H and O–H groups in total. The fraction of sp³-hybridized carbons (Fsp3) is 0.538. The summed E-state index contributed by atoms with van der Waals surface area (Å²) in [6, 6.07) is 0. The lowest BCUT2D eigenvalue weighted by atomic mass is 9.63. The molecule has 0 aromatic carbocycles. The predicted octanol–water partition coefficient (Wildman–Crippen LogP) is 3.97. The highest BCUT2D eigenvalue weighted by Crippen LogP contribution is 2.44. The molecule has 0 bridgehead atoms. The zero-order valence-electron chi connectivity index (χ0n) is 8.79. The van der Waals surface area contributed by atoms with E-state index in [9.17, 15) is 0 Å². The van der Waals surface area contributed by atoms with E-state index < -0.39 is 0 Å². The van der Waals surface area contributed by atoms with Crippen molar-refractivity contribution in [3.63, 3.8) is 0 Å². The molecular weight excluding hydrogens is 156 g/mol. The van der Waals surface area contributed by atoms with Crippen molar-refractivity contribution in [2.75, 3.05) is 0 Å². The van der Waals surface area contributed by atoms with Crippen LogP contribution < -0.4 is 0 Å². The second-order valence-corrected chi connectivity index (χ2v) is 4.27. The molecule has 1 rings (SSSR count). The van der Waals surface area contributed by atoms with Crippen molar-refractivity contribution in [1.29, 1.82) is 0 Å². The van der Waals surface area contributed by atoms with Gasteiger partial charge in [-0.25, -0.2) is 0 Å². The molecule has 13 heavy (non-hydrogen) atoms. The first-order chi connectivity index (χ1) is 6.15. The normalized spacial score (nSPS) is 38.6. The number of allylic oxidation sites excluding steroid dienone is 4. The van der Waals surface area contributed by atoms with Crippen LogP contribution in [0, 0.1) is 17.3 Å². The van der Waals surface area contributed by atoms with Gasteiger partial charge < -0.3 is 0 Å². The van der Waals surface area contributed by atoms with Crippen LogP contribution in [0.15, 0.2) is 37.5 Å². The molecule has 1 aliphatic rings. The Morgan fingerprint density at radius 3 is 2.77 bits per heavy atom. The van der Waals surface area contributed by atoms with Crippen LogP contribution in [-0.4, -0.2) is 0 Å². The van der Waals surface area contributed by atoms with Gasteiger partial charge >= 0.3 is 0 Å². The van der Waals surface area contributed by atoms with Crippen molar-refractivity contribution < 1.29 is 0 Å². The summed E-state index contributed by atoms with van der Waals surface area (Å²) in [6.07, 6.45) is 11.0. The Bertz CT molecular complexity index is 224. The first-order valence-electron chi connectivity index (χ1n) is 5.06. The molecule has 0 radical (unpaired) electrons. The van der Waals surface area contributed by atoms with Gasteiger partial charge in [-0.3, -0.25) is 0 Å². The van der Waals surface area contributed by atoms with Crippen LogP contribution >= 0.6 is 0 Å². The second-order valence-electron chi connectivity index (χ2n) is 4.27. The first kappa shape index (κ1) is 10.3. The molecule has 0 aromatic rings. The Kier molecular flexibility index (Phi) is 3.13. The largest absolute Gasteiger partial charge is 0.103 e. The third-order valence-corrected chi connectivity index (χ3v) is 3.58. The Balaban J connectivity index is 2.90. The Morgan fingerprint density at radius 2 is 2.23 bits per heavy atom. The lowest BCUT2D eigenvalue weighted by Gasteiger charge is -2.41. The second kappa shape index (κ2) is 3.95. The van der Waals surface area contributed by atoms with Crippen LogP contribution in [0.5, 0.6) is 0 Å². The molecular formula is C13H20. The van der Waals surface area contributed by atoms with Gasteiger partial charge in [0.1, 0.15) is 0 Å². The average Bonchev–Trinajstić information content (AvgIpc) is 2.13. The minimum Gasteiger partial charge on any atom is -0.103 e. The molecule has 0 spiro atoms. The summed E-state index contributed by atoms with van der Waals surface area (Å²) in [5.74, 6) is 1.28. The fourth-order valence-corrected chi connectivity index (χ4v) is 2.14. The zero-order valence-corrected chi connectivity index (χ0v) is 8.79. The van der Waals surface area contributed by atoms with Crippen LogP contribution in [-0.2, 0) is 0 Å².